The highest BCUT2D eigenvalue weighted by atomic mass is 16.6. The van der Waals surface area contributed by atoms with Crippen LogP contribution in [0.3, 0.4) is 0 Å². The second-order valence-corrected chi connectivity index (χ2v) is 4.84. The van der Waals surface area contributed by atoms with Gasteiger partial charge in [-0.2, -0.15) is 0 Å². The van der Waals surface area contributed by atoms with Gasteiger partial charge in [-0.05, 0) is 18.3 Å². The Morgan fingerprint density at radius 3 is 2.56 bits per heavy atom. The van der Waals surface area contributed by atoms with Crippen molar-refractivity contribution in [2.75, 3.05) is 19.7 Å². The summed E-state index contributed by atoms with van der Waals surface area (Å²) in [5.74, 6) is 1.14. The van der Waals surface area contributed by atoms with Crippen LogP contribution in [0.25, 0.3) is 0 Å². The third-order valence-corrected chi connectivity index (χ3v) is 3.54. The van der Waals surface area contributed by atoms with E-state index < -0.39 is 0 Å². The van der Waals surface area contributed by atoms with Crippen molar-refractivity contribution in [2.45, 2.75) is 32.6 Å². The van der Waals surface area contributed by atoms with E-state index >= 15 is 0 Å². The van der Waals surface area contributed by atoms with Crippen LogP contribution in [-0.2, 0) is 9.53 Å². The Bertz CT molecular complexity index is 274. The van der Waals surface area contributed by atoms with Gasteiger partial charge in [0.05, 0.1) is 6.61 Å². The molecule has 0 spiro atoms. The molecule has 2 fully saturated rings. The fourth-order valence-electron chi connectivity index (χ4n) is 2.61. The lowest BCUT2D eigenvalue weighted by molar-refractivity contribution is -0.118. The van der Waals surface area contributed by atoms with E-state index in [9.17, 15) is 9.59 Å². The number of hydrogen-bond donors (Lipinski definition) is 0. The molecule has 1 amide bonds. The molecule has 90 valence electrons. The zero-order chi connectivity index (χ0) is 11.5. The Kier molecular flexibility index (Phi) is 3.46. The molecule has 2 rings (SSSR count). The number of nitrogens with zero attached hydrogens (tertiary/aromatic N) is 1. The smallest absolute Gasteiger partial charge is 0.409 e. The number of likely N-dealkylation sites (tertiary alicyclic amines) is 1. The highest BCUT2D eigenvalue weighted by Gasteiger charge is 2.42. The van der Waals surface area contributed by atoms with Crippen LogP contribution in [0.15, 0.2) is 0 Å². The molecule has 1 aliphatic heterocycles. The van der Waals surface area contributed by atoms with Gasteiger partial charge in [0.15, 0.2) is 0 Å². The maximum absolute atomic E-state index is 11.7. The molecule has 16 heavy (non-hydrogen) atoms. The normalized spacial score (nSPS) is 28.3. The lowest BCUT2D eigenvalue weighted by atomic mass is 10.0. The van der Waals surface area contributed by atoms with Crippen LogP contribution in [0, 0.1) is 11.8 Å². The minimum atomic E-state index is -0.199. The van der Waals surface area contributed by atoms with Crippen molar-refractivity contribution in [3.05, 3.63) is 0 Å². The third-order valence-electron chi connectivity index (χ3n) is 3.54. The Hall–Kier alpha value is -1.06. The zero-order valence-corrected chi connectivity index (χ0v) is 9.78. The first-order chi connectivity index (χ1) is 7.70. The molecule has 4 nitrogen and oxygen atoms in total. The number of hydrogen-bond acceptors (Lipinski definition) is 3. The second-order valence-electron chi connectivity index (χ2n) is 4.84. The van der Waals surface area contributed by atoms with Crippen molar-refractivity contribution in [2.24, 2.45) is 11.8 Å². The van der Waals surface area contributed by atoms with Crippen molar-refractivity contribution < 1.29 is 14.3 Å². The van der Waals surface area contributed by atoms with Crippen LogP contribution in [-0.4, -0.2) is 36.5 Å². The summed E-state index contributed by atoms with van der Waals surface area (Å²) >= 11 is 0. The van der Waals surface area contributed by atoms with E-state index in [1.807, 2.05) is 0 Å². The Morgan fingerprint density at radius 1 is 1.38 bits per heavy atom. The number of ketones is 1. The van der Waals surface area contributed by atoms with Crippen molar-refractivity contribution in [3.8, 4) is 0 Å². The van der Waals surface area contributed by atoms with Gasteiger partial charge in [-0.1, -0.05) is 13.3 Å². The largest absolute Gasteiger partial charge is 0.449 e. The third kappa shape index (κ3) is 2.36. The van der Waals surface area contributed by atoms with E-state index in [1.54, 1.807) is 4.90 Å². The summed E-state index contributed by atoms with van der Waals surface area (Å²) in [6.45, 7) is 4.00. The highest BCUT2D eigenvalue weighted by molar-refractivity contribution is 5.82. The molecule has 0 N–H and O–H groups in total. The molecule has 2 aliphatic rings. The maximum Gasteiger partial charge on any atom is 0.409 e. The first-order valence-electron chi connectivity index (χ1n) is 6.14. The SMILES string of the molecule is CCCCOC(=O)N1C[C@H]2CC(=O)C[C@H]2C1. The van der Waals surface area contributed by atoms with E-state index in [1.165, 1.54) is 0 Å². The molecule has 0 aromatic heterocycles. The predicted molar refractivity (Wildman–Crippen MR) is 59.1 cm³/mol. The molecule has 0 radical (unpaired) electrons. The summed E-state index contributed by atoms with van der Waals surface area (Å²) in [6, 6.07) is 0. The van der Waals surface area contributed by atoms with Crippen molar-refractivity contribution in [1.82, 2.24) is 4.90 Å². The number of rotatable bonds is 3. The fraction of sp³-hybridized carbons (Fsp3) is 0.833. The van der Waals surface area contributed by atoms with Gasteiger partial charge in [-0.25, -0.2) is 4.79 Å². The summed E-state index contributed by atoms with van der Waals surface area (Å²) in [7, 11) is 0. The van der Waals surface area contributed by atoms with Gasteiger partial charge in [0.2, 0.25) is 0 Å². The second kappa shape index (κ2) is 4.85. The fourth-order valence-corrected chi connectivity index (χ4v) is 2.61. The number of Topliss-reactive ketones (excluding diaryl/α,β-unsaturated/α-hetero) is 1. The number of carbonyl (C=O) groups excluding carboxylic acids is 2. The van der Waals surface area contributed by atoms with Crippen LogP contribution in [0.4, 0.5) is 4.79 Å². The van der Waals surface area contributed by atoms with Crippen LogP contribution in [0.5, 0.6) is 0 Å². The zero-order valence-electron chi connectivity index (χ0n) is 9.78. The predicted octanol–water partition coefficient (Wildman–Crippen LogP) is 1.83. The van der Waals surface area contributed by atoms with Crippen LogP contribution >= 0.6 is 0 Å². The van der Waals surface area contributed by atoms with E-state index in [-0.39, 0.29) is 6.09 Å². The average Bonchev–Trinajstić information content (AvgIpc) is 2.74. The van der Waals surface area contributed by atoms with Gasteiger partial charge in [0.25, 0.3) is 0 Å². The molecular formula is C12H19NO3. The molecule has 1 heterocycles. The molecular weight excluding hydrogens is 206 g/mol. The highest BCUT2D eigenvalue weighted by Crippen LogP contribution is 2.35. The van der Waals surface area contributed by atoms with Crippen LogP contribution in [0.1, 0.15) is 32.6 Å². The van der Waals surface area contributed by atoms with Crippen molar-refractivity contribution in [3.63, 3.8) is 0 Å². The van der Waals surface area contributed by atoms with Gasteiger partial charge < -0.3 is 9.64 Å². The van der Waals surface area contributed by atoms with E-state index in [0.29, 0.717) is 50.2 Å². The summed E-state index contributed by atoms with van der Waals surface area (Å²) in [5, 5.41) is 0. The minimum absolute atomic E-state index is 0.199. The van der Waals surface area contributed by atoms with Gasteiger partial charge in [0.1, 0.15) is 5.78 Å². The monoisotopic (exact) mass is 225 g/mol. The van der Waals surface area contributed by atoms with E-state index in [4.69, 9.17) is 4.74 Å². The summed E-state index contributed by atoms with van der Waals surface area (Å²) < 4.78 is 5.16. The maximum atomic E-state index is 11.7. The molecule has 4 heteroatoms. The lowest BCUT2D eigenvalue weighted by Crippen LogP contribution is -2.30. The molecule has 1 saturated heterocycles. The molecule has 1 saturated carbocycles. The first-order valence-corrected chi connectivity index (χ1v) is 6.14. The number of unbranched alkanes of at least 4 members (excludes halogenated alkanes) is 1. The number of fused-ring (bicyclic) bond motifs is 1. The van der Waals surface area contributed by atoms with E-state index in [2.05, 4.69) is 6.92 Å². The Labute approximate surface area is 95.9 Å². The quantitative estimate of drug-likeness (QED) is 0.688. The van der Waals surface area contributed by atoms with Crippen molar-refractivity contribution >= 4 is 11.9 Å². The standard InChI is InChI=1S/C12H19NO3/c1-2-3-4-16-12(15)13-7-9-5-11(14)6-10(9)8-13/h9-10H,2-8H2,1H3/t9-,10+. The van der Waals surface area contributed by atoms with Crippen LogP contribution < -0.4 is 0 Å². The summed E-state index contributed by atoms with van der Waals surface area (Å²) in [5.41, 5.74) is 0. The molecule has 0 aromatic carbocycles. The van der Waals surface area contributed by atoms with E-state index in [0.717, 1.165) is 12.8 Å². The topological polar surface area (TPSA) is 46.6 Å². The molecule has 1 aliphatic carbocycles. The van der Waals surface area contributed by atoms with Gasteiger partial charge in [0, 0.05) is 25.9 Å². The number of carbonyl (C=O) groups is 2. The summed E-state index contributed by atoms with van der Waals surface area (Å²) in [4.78, 5) is 24.6. The molecule has 0 aromatic rings. The number of amides is 1. The van der Waals surface area contributed by atoms with Crippen LogP contribution in [0.2, 0.25) is 0 Å². The average molecular weight is 225 g/mol. The lowest BCUT2D eigenvalue weighted by Gasteiger charge is -2.16. The first kappa shape index (κ1) is 11.4. The van der Waals surface area contributed by atoms with Crippen molar-refractivity contribution in [1.29, 1.82) is 0 Å². The minimum Gasteiger partial charge on any atom is -0.449 e. The number of ether oxygens (including phenoxy) is 1. The molecule has 2 atom stereocenters. The Balaban J connectivity index is 1.77. The Morgan fingerprint density at radius 2 is 2.00 bits per heavy atom. The molecule has 0 bridgehead atoms. The van der Waals surface area contributed by atoms with Gasteiger partial charge in [-0.3, -0.25) is 4.79 Å². The summed E-state index contributed by atoms with van der Waals surface area (Å²) in [6.07, 6.45) is 3.07. The van der Waals surface area contributed by atoms with Gasteiger partial charge >= 0.3 is 6.09 Å². The van der Waals surface area contributed by atoms with Gasteiger partial charge in [-0.15, -0.1) is 0 Å². The molecule has 0 unspecified atom stereocenters.